The molecule has 50 heavy (non-hydrogen) atoms. The van der Waals surface area contributed by atoms with Gasteiger partial charge in [0.05, 0.1) is 14.5 Å². The summed E-state index contributed by atoms with van der Waals surface area (Å²) in [5.41, 5.74) is 1.13. The zero-order valence-corrected chi connectivity index (χ0v) is 30.6. The first-order valence-electron chi connectivity index (χ1n) is 16.7. The van der Waals surface area contributed by atoms with Gasteiger partial charge in [-0.25, -0.2) is 0 Å². The molecule has 8 rings (SSSR count). The quantitative estimate of drug-likeness (QED) is 0.139. The molecular weight excluding hydrogens is 711 g/mol. The van der Waals surface area contributed by atoms with Gasteiger partial charge in [-0.2, -0.15) is 0 Å². The van der Waals surface area contributed by atoms with Crippen LogP contribution in [0.25, 0.3) is 5.69 Å². The standard InChI is InChI=1S/C46H36BrNS2/c47-44-36-45(49(38-24-10-2-11-25-38,39-26-12-3-13-27-39)40-28-14-4-15-29-40)48(37-22-8-1-9-23-37)46(44)50(41-30-16-5-17-31-41,42-32-18-6-19-33-42)43-34-20-7-21-35-43/h1-36H. The van der Waals surface area contributed by atoms with E-state index in [0.29, 0.717) is 0 Å². The van der Waals surface area contributed by atoms with Crippen LogP contribution in [0.4, 0.5) is 0 Å². The van der Waals surface area contributed by atoms with Crippen LogP contribution in [0.15, 0.2) is 262 Å². The van der Waals surface area contributed by atoms with E-state index in [0.717, 1.165) is 10.2 Å². The molecule has 4 heteroatoms. The van der Waals surface area contributed by atoms with Crippen molar-refractivity contribution >= 4 is 36.0 Å². The lowest BCUT2D eigenvalue weighted by Crippen LogP contribution is -2.14. The van der Waals surface area contributed by atoms with Crippen LogP contribution in [-0.4, -0.2) is 4.57 Å². The fourth-order valence-electron chi connectivity index (χ4n) is 7.03. The van der Waals surface area contributed by atoms with Crippen molar-refractivity contribution in [2.24, 2.45) is 0 Å². The molecule has 0 bridgehead atoms. The highest BCUT2D eigenvalue weighted by Crippen LogP contribution is 2.79. The van der Waals surface area contributed by atoms with E-state index in [1.807, 2.05) is 0 Å². The maximum Gasteiger partial charge on any atom is 0.0898 e. The van der Waals surface area contributed by atoms with Crippen LogP contribution >= 0.6 is 36.0 Å². The maximum absolute atomic E-state index is 4.32. The molecule has 0 amide bonds. The van der Waals surface area contributed by atoms with Crippen LogP contribution in [0.2, 0.25) is 0 Å². The molecule has 1 heterocycles. The molecule has 0 saturated carbocycles. The fraction of sp³-hybridized carbons (Fsp3) is 0. The third-order valence-electron chi connectivity index (χ3n) is 9.08. The largest absolute Gasteiger partial charge is 0.299 e. The zero-order valence-electron chi connectivity index (χ0n) is 27.4. The second-order valence-electron chi connectivity index (χ2n) is 11.9. The second-order valence-corrected chi connectivity index (χ2v) is 18.8. The van der Waals surface area contributed by atoms with E-state index >= 15 is 0 Å². The van der Waals surface area contributed by atoms with Crippen LogP contribution in [0.3, 0.4) is 0 Å². The highest BCUT2D eigenvalue weighted by molar-refractivity contribution is 9.10. The van der Waals surface area contributed by atoms with Crippen LogP contribution in [0.1, 0.15) is 0 Å². The summed E-state index contributed by atoms with van der Waals surface area (Å²) in [5, 5.41) is 2.48. The Morgan fingerprint density at radius 3 is 0.880 bits per heavy atom. The average molecular weight is 747 g/mol. The van der Waals surface area contributed by atoms with Crippen LogP contribution in [0.5, 0.6) is 0 Å². The predicted molar refractivity (Wildman–Crippen MR) is 213 cm³/mol. The van der Waals surface area contributed by atoms with Crippen molar-refractivity contribution in [3.05, 3.63) is 223 Å². The van der Waals surface area contributed by atoms with Crippen molar-refractivity contribution in [1.82, 2.24) is 4.57 Å². The predicted octanol–water partition coefficient (Wildman–Crippen LogP) is 13.9. The first kappa shape index (κ1) is 32.2. The van der Waals surface area contributed by atoms with Crippen molar-refractivity contribution in [3.63, 3.8) is 0 Å². The topological polar surface area (TPSA) is 4.93 Å². The zero-order chi connectivity index (χ0) is 33.8. The molecular formula is C46H36BrNS2. The van der Waals surface area contributed by atoms with Gasteiger partial charge < -0.3 is 0 Å². The molecule has 0 unspecified atom stereocenters. The molecule has 0 aliphatic heterocycles. The first-order valence-corrected chi connectivity index (χ1v) is 20.8. The molecule has 0 atom stereocenters. The SMILES string of the molecule is Brc1cc(S(c2ccccc2)(c2ccccc2)c2ccccc2)n(-c2ccccc2)c1S(c1ccccc1)(c1ccccc1)c1ccccc1. The number of hydrogen-bond donors (Lipinski definition) is 0. The number of para-hydroxylation sites is 1. The van der Waals surface area contributed by atoms with Crippen molar-refractivity contribution in [2.75, 3.05) is 0 Å². The van der Waals surface area contributed by atoms with E-state index in [9.17, 15) is 0 Å². The minimum Gasteiger partial charge on any atom is -0.299 e. The lowest BCUT2D eigenvalue weighted by Gasteiger charge is -2.45. The summed E-state index contributed by atoms with van der Waals surface area (Å²) >= 11 is 4.32. The smallest absolute Gasteiger partial charge is 0.0898 e. The molecule has 0 fully saturated rings. The highest BCUT2D eigenvalue weighted by Gasteiger charge is 2.43. The summed E-state index contributed by atoms with van der Waals surface area (Å²) in [4.78, 5) is 7.68. The third-order valence-corrected chi connectivity index (χ3v) is 17.7. The van der Waals surface area contributed by atoms with Gasteiger partial charge in [-0.15, -0.1) is 20.1 Å². The Bertz CT molecular complexity index is 2100. The lowest BCUT2D eigenvalue weighted by atomic mass is 10.3. The molecule has 0 spiro atoms. The summed E-state index contributed by atoms with van der Waals surface area (Å²) in [5.74, 6) is 0. The molecule has 0 saturated heterocycles. The van der Waals surface area contributed by atoms with Crippen molar-refractivity contribution < 1.29 is 0 Å². The monoisotopic (exact) mass is 745 g/mol. The second kappa shape index (κ2) is 14.1. The number of hydrogen-bond acceptors (Lipinski definition) is 0. The third kappa shape index (κ3) is 5.36. The Labute approximate surface area is 306 Å². The molecule has 0 aliphatic rings. The van der Waals surface area contributed by atoms with Crippen LogP contribution in [0, 0.1) is 0 Å². The van der Waals surface area contributed by atoms with Gasteiger partial charge in [0.2, 0.25) is 0 Å². The van der Waals surface area contributed by atoms with E-state index < -0.39 is 20.1 Å². The van der Waals surface area contributed by atoms with Crippen molar-refractivity contribution in [3.8, 4) is 5.69 Å². The summed E-state index contributed by atoms with van der Waals surface area (Å²) < 4.78 is 3.69. The van der Waals surface area contributed by atoms with Gasteiger partial charge in [0.15, 0.2) is 0 Å². The molecule has 8 aromatic rings. The van der Waals surface area contributed by atoms with Crippen LogP contribution < -0.4 is 0 Å². The Morgan fingerprint density at radius 1 is 0.320 bits per heavy atom. The van der Waals surface area contributed by atoms with Gasteiger partial charge in [-0.3, -0.25) is 4.57 Å². The number of rotatable bonds is 9. The Hall–Kier alpha value is -5.00. The molecule has 1 nitrogen and oxygen atoms in total. The first-order chi connectivity index (χ1) is 24.8. The number of aromatic nitrogens is 1. The molecule has 0 radical (unpaired) electrons. The van der Waals surface area contributed by atoms with E-state index in [4.69, 9.17) is 0 Å². The minimum absolute atomic E-state index is 1.09. The van der Waals surface area contributed by atoms with Gasteiger partial charge in [-0.05, 0) is 107 Å². The average Bonchev–Trinajstić information content (AvgIpc) is 3.55. The molecule has 1 aromatic heterocycles. The molecule has 7 aromatic carbocycles. The Kier molecular flexibility index (Phi) is 9.08. The molecule has 0 N–H and O–H groups in total. The maximum atomic E-state index is 4.32. The van der Waals surface area contributed by atoms with Gasteiger partial charge in [0.25, 0.3) is 0 Å². The Balaban J connectivity index is 1.62. The summed E-state index contributed by atoms with van der Waals surface area (Å²) in [6.07, 6.45) is 0. The Morgan fingerprint density at radius 2 is 0.580 bits per heavy atom. The number of nitrogens with zero attached hydrogens (tertiary/aromatic N) is 1. The van der Waals surface area contributed by atoms with E-state index in [1.165, 1.54) is 39.4 Å². The highest BCUT2D eigenvalue weighted by atomic mass is 79.9. The molecule has 0 aliphatic carbocycles. The van der Waals surface area contributed by atoms with E-state index in [1.54, 1.807) is 0 Å². The molecule has 244 valence electrons. The normalized spacial score (nSPS) is 12.3. The minimum atomic E-state index is -2.08. The summed E-state index contributed by atoms with van der Waals surface area (Å²) in [7, 11) is -4.13. The summed E-state index contributed by atoms with van der Waals surface area (Å²) in [6, 6.07) is 80.1. The van der Waals surface area contributed by atoms with Crippen LogP contribution in [-0.2, 0) is 0 Å². The van der Waals surface area contributed by atoms with Crippen molar-refractivity contribution in [1.29, 1.82) is 0 Å². The van der Waals surface area contributed by atoms with Gasteiger partial charge >= 0.3 is 0 Å². The van der Waals surface area contributed by atoms with Gasteiger partial charge in [0, 0.05) is 35.1 Å². The van der Waals surface area contributed by atoms with Crippen molar-refractivity contribution in [2.45, 2.75) is 39.4 Å². The van der Waals surface area contributed by atoms with E-state index in [-0.39, 0.29) is 0 Å². The number of halogens is 1. The van der Waals surface area contributed by atoms with Gasteiger partial charge in [-0.1, -0.05) is 127 Å². The van der Waals surface area contributed by atoms with E-state index in [2.05, 4.69) is 239 Å². The summed E-state index contributed by atoms with van der Waals surface area (Å²) in [6.45, 7) is 0. The van der Waals surface area contributed by atoms with Gasteiger partial charge in [0.1, 0.15) is 0 Å². The fourth-order valence-corrected chi connectivity index (χ4v) is 16.4. The lowest BCUT2D eigenvalue weighted by molar-refractivity contribution is 0.838. The number of benzene rings is 7.